The molecule has 0 aromatic carbocycles. The van der Waals surface area contributed by atoms with Crippen LogP contribution in [0.5, 0.6) is 0 Å². The SMILES string of the molecule is CCCC1(C(=O)O)CCN(C(=O)NCC2CCCO2)CC1. The average Bonchev–Trinajstić information content (AvgIpc) is 2.99. The summed E-state index contributed by atoms with van der Waals surface area (Å²) in [7, 11) is 0. The molecule has 2 heterocycles. The topological polar surface area (TPSA) is 78.9 Å². The van der Waals surface area contributed by atoms with E-state index in [1.807, 2.05) is 6.92 Å². The molecule has 2 aliphatic heterocycles. The van der Waals surface area contributed by atoms with Gasteiger partial charge in [0.1, 0.15) is 0 Å². The minimum atomic E-state index is -0.719. The molecule has 120 valence electrons. The highest BCUT2D eigenvalue weighted by atomic mass is 16.5. The van der Waals surface area contributed by atoms with Crippen LogP contribution in [0.3, 0.4) is 0 Å². The van der Waals surface area contributed by atoms with Gasteiger partial charge in [0.05, 0.1) is 11.5 Å². The molecule has 2 saturated heterocycles. The number of carboxylic acid groups (broad SMARTS) is 1. The Kier molecular flexibility index (Phi) is 5.45. The smallest absolute Gasteiger partial charge is 0.317 e. The number of piperidine rings is 1. The van der Waals surface area contributed by atoms with E-state index in [-0.39, 0.29) is 12.1 Å². The second-order valence-electron chi connectivity index (χ2n) is 6.14. The zero-order valence-corrected chi connectivity index (χ0v) is 12.8. The van der Waals surface area contributed by atoms with Crippen LogP contribution in [-0.2, 0) is 9.53 Å². The predicted octanol–water partition coefficient (Wildman–Crippen LogP) is 1.84. The van der Waals surface area contributed by atoms with E-state index in [0.717, 1.165) is 25.9 Å². The van der Waals surface area contributed by atoms with Gasteiger partial charge in [-0.3, -0.25) is 4.79 Å². The van der Waals surface area contributed by atoms with Gasteiger partial charge in [-0.1, -0.05) is 13.3 Å². The van der Waals surface area contributed by atoms with E-state index in [2.05, 4.69) is 5.32 Å². The van der Waals surface area contributed by atoms with Gasteiger partial charge in [-0.15, -0.1) is 0 Å². The van der Waals surface area contributed by atoms with Crippen molar-refractivity contribution in [2.24, 2.45) is 5.41 Å². The van der Waals surface area contributed by atoms with Crippen molar-refractivity contribution in [3.05, 3.63) is 0 Å². The summed E-state index contributed by atoms with van der Waals surface area (Å²) >= 11 is 0. The Balaban J connectivity index is 1.79. The van der Waals surface area contributed by atoms with Crippen LogP contribution in [0.25, 0.3) is 0 Å². The third kappa shape index (κ3) is 3.87. The summed E-state index contributed by atoms with van der Waals surface area (Å²) in [6.45, 7) is 4.37. The number of hydrogen-bond donors (Lipinski definition) is 2. The Labute approximate surface area is 125 Å². The quantitative estimate of drug-likeness (QED) is 0.812. The van der Waals surface area contributed by atoms with Gasteiger partial charge in [0, 0.05) is 26.2 Å². The highest BCUT2D eigenvalue weighted by Crippen LogP contribution is 2.36. The van der Waals surface area contributed by atoms with Gasteiger partial charge in [0.15, 0.2) is 0 Å². The monoisotopic (exact) mass is 298 g/mol. The first kappa shape index (κ1) is 16.1. The van der Waals surface area contributed by atoms with Gasteiger partial charge in [-0.05, 0) is 32.1 Å². The van der Waals surface area contributed by atoms with Crippen molar-refractivity contribution < 1.29 is 19.4 Å². The molecule has 6 heteroatoms. The van der Waals surface area contributed by atoms with Gasteiger partial charge in [-0.25, -0.2) is 4.79 Å². The second kappa shape index (κ2) is 7.11. The first-order chi connectivity index (χ1) is 10.1. The Morgan fingerprint density at radius 2 is 2.10 bits per heavy atom. The van der Waals surface area contributed by atoms with Crippen molar-refractivity contribution in [2.75, 3.05) is 26.2 Å². The Morgan fingerprint density at radius 1 is 1.38 bits per heavy atom. The number of ether oxygens (including phenoxy) is 1. The van der Waals surface area contributed by atoms with E-state index >= 15 is 0 Å². The molecule has 2 N–H and O–H groups in total. The largest absolute Gasteiger partial charge is 0.481 e. The maximum absolute atomic E-state index is 12.1. The molecule has 2 aliphatic rings. The molecule has 1 unspecified atom stereocenters. The molecule has 0 aromatic rings. The number of rotatable bonds is 5. The number of nitrogens with one attached hydrogen (secondary N) is 1. The second-order valence-corrected chi connectivity index (χ2v) is 6.14. The Bertz CT molecular complexity index is 372. The van der Waals surface area contributed by atoms with Gasteiger partial charge in [-0.2, -0.15) is 0 Å². The highest BCUT2D eigenvalue weighted by Gasteiger charge is 2.41. The van der Waals surface area contributed by atoms with Crippen LogP contribution in [0.15, 0.2) is 0 Å². The number of aliphatic carboxylic acids is 1. The molecule has 0 spiro atoms. The number of nitrogens with zero attached hydrogens (tertiary/aromatic N) is 1. The molecule has 0 radical (unpaired) electrons. The standard InChI is InChI=1S/C15H26N2O4/c1-2-5-15(13(18)19)6-8-17(9-7-15)14(20)16-11-12-4-3-10-21-12/h12H,2-11H2,1H3,(H,16,20)(H,18,19). The van der Waals surface area contributed by atoms with Crippen LogP contribution < -0.4 is 5.32 Å². The van der Waals surface area contributed by atoms with E-state index in [0.29, 0.717) is 38.9 Å². The van der Waals surface area contributed by atoms with Crippen molar-refractivity contribution in [1.82, 2.24) is 10.2 Å². The van der Waals surface area contributed by atoms with Crippen molar-refractivity contribution in [3.8, 4) is 0 Å². The fourth-order valence-corrected chi connectivity index (χ4v) is 3.31. The van der Waals surface area contributed by atoms with Crippen LogP contribution in [0.1, 0.15) is 45.4 Å². The maximum Gasteiger partial charge on any atom is 0.317 e. The zero-order valence-electron chi connectivity index (χ0n) is 12.8. The van der Waals surface area contributed by atoms with Gasteiger partial charge in [0.2, 0.25) is 0 Å². The number of carbonyl (C=O) groups excluding carboxylic acids is 1. The van der Waals surface area contributed by atoms with Crippen LogP contribution >= 0.6 is 0 Å². The van der Waals surface area contributed by atoms with E-state index in [1.54, 1.807) is 4.90 Å². The normalized spacial score (nSPS) is 24.8. The molecule has 0 bridgehead atoms. The van der Waals surface area contributed by atoms with Crippen molar-refractivity contribution >= 4 is 12.0 Å². The molecular formula is C15H26N2O4. The summed E-state index contributed by atoms with van der Waals surface area (Å²) in [6.07, 6.45) is 4.83. The van der Waals surface area contributed by atoms with E-state index in [1.165, 1.54) is 0 Å². The molecular weight excluding hydrogens is 272 g/mol. The summed E-state index contributed by atoms with van der Waals surface area (Å²) in [5.41, 5.74) is -0.639. The fraction of sp³-hybridized carbons (Fsp3) is 0.867. The summed E-state index contributed by atoms with van der Waals surface area (Å²) in [5, 5.41) is 12.4. The lowest BCUT2D eigenvalue weighted by molar-refractivity contribution is -0.152. The first-order valence-electron chi connectivity index (χ1n) is 7.95. The van der Waals surface area contributed by atoms with Crippen molar-refractivity contribution in [1.29, 1.82) is 0 Å². The first-order valence-corrected chi connectivity index (χ1v) is 7.95. The predicted molar refractivity (Wildman–Crippen MR) is 78.2 cm³/mol. The Morgan fingerprint density at radius 3 is 2.62 bits per heavy atom. The summed E-state index contributed by atoms with van der Waals surface area (Å²) in [6, 6.07) is -0.0963. The molecule has 0 aliphatic carbocycles. The summed E-state index contributed by atoms with van der Waals surface area (Å²) < 4.78 is 5.48. The lowest BCUT2D eigenvalue weighted by atomic mass is 9.75. The van der Waals surface area contributed by atoms with Gasteiger partial charge < -0.3 is 20.1 Å². The van der Waals surface area contributed by atoms with Gasteiger partial charge >= 0.3 is 12.0 Å². The molecule has 0 saturated carbocycles. The number of hydrogen-bond acceptors (Lipinski definition) is 3. The van der Waals surface area contributed by atoms with E-state index < -0.39 is 11.4 Å². The Hall–Kier alpha value is -1.30. The van der Waals surface area contributed by atoms with Crippen LogP contribution in [0.4, 0.5) is 4.79 Å². The number of urea groups is 1. The fourth-order valence-electron chi connectivity index (χ4n) is 3.31. The third-order valence-corrected chi connectivity index (χ3v) is 4.69. The molecule has 2 amide bonds. The minimum Gasteiger partial charge on any atom is -0.481 e. The number of carbonyl (C=O) groups is 2. The van der Waals surface area contributed by atoms with E-state index in [9.17, 15) is 14.7 Å². The molecule has 2 fully saturated rings. The van der Waals surface area contributed by atoms with Gasteiger partial charge in [0.25, 0.3) is 0 Å². The van der Waals surface area contributed by atoms with Crippen LogP contribution in [0, 0.1) is 5.41 Å². The van der Waals surface area contributed by atoms with Crippen LogP contribution in [-0.4, -0.2) is 54.4 Å². The summed E-state index contributed by atoms with van der Waals surface area (Å²) in [4.78, 5) is 25.3. The van der Waals surface area contributed by atoms with Crippen molar-refractivity contribution in [2.45, 2.75) is 51.6 Å². The average molecular weight is 298 g/mol. The van der Waals surface area contributed by atoms with Crippen LogP contribution in [0.2, 0.25) is 0 Å². The third-order valence-electron chi connectivity index (χ3n) is 4.69. The zero-order chi connectivity index (χ0) is 15.3. The molecule has 0 aromatic heterocycles. The van der Waals surface area contributed by atoms with E-state index in [4.69, 9.17) is 4.74 Å². The lowest BCUT2D eigenvalue weighted by Crippen LogP contribution is -2.50. The summed E-state index contributed by atoms with van der Waals surface area (Å²) in [5.74, 6) is -0.719. The number of likely N-dealkylation sites (tertiary alicyclic amines) is 1. The number of carboxylic acids is 1. The highest BCUT2D eigenvalue weighted by molar-refractivity contribution is 5.77. The van der Waals surface area contributed by atoms with Crippen molar-refractivity contribution in [3.63, 3.8) is 0 Å². The molecule has 1 atom stereocenters. The lowest BCUT2D eigenvalue weighted by Gasteiger charge is -2.38. The molecule has 2 rings (SSSR count). The number of amides is 2. The molecule has 21 heavy (non-hydrogen) atoms. The minimum absolute atomic E-state index is 0.0963. The maximum atomic E-state index is 12.1. The molecule has 6 nitrogen and oxygen atoms in total.